The number of carbonyl (C=O) groups excluding carboxylic acids is 3. The van der Waals surface area contributed by atoms with Gasteiger partial charge in [0.15, 0.2) is 8.32 Å². The van der Waals surface area contributed by atoms with Gasteiger partial charge in [-0.2, -0.15) is 0 Å². The van der Waals surface area contributed by atoms with Gasteiger partial charge >= 0.3 is 12.1 Å². The van der Waals surface area contributed by atoms with Crippen LogP contribution in [-0.4, -0.2) is 85.2 Å². The molecule has 0 aromatic heterocycles. The Morgan fingerprint density at radius 1 is 1.07 bits per heavy atom. The van der Waals surface area contributed by atoms with Crippen molar-refractivity contribution in [3.8, 4) is 0 Å². The summed E-state index contributed by atoms with van der Waals surface area (Å²) in [5, 5.41) is 12.4. The smallest absolute Gasteiger partial charge is 0.411 e. The van der Waals surface area contributed by atoms with E-state index in [2.05, 4.69) is 33.9 Å². The van der Waals surface area contributed by atoms with Gasteiger partial charge in [0.1, 0.15) is 12.6 Å². The minimum Gasteiger partial charge on any atom is -0.467 e. The summed E-state index contributed by atoms with van der Waals surface area (Å²) in [6, 6.07) is 7.60. The molecule has 1 N–H and O–H groups in total. The van der Waals surface area contributed by atoms with Crippen LogP contribution in [-0.2, 0) is 30.1 Å². The summed E-state index contributed by atoms with van der Waals surface area (Å²) < 4.78 is 17.6. The molecule has 222 valence electrons. The predicted octanol–water partition coefficient (Wildman–Crippen LogP) is 4.48. The summed E-state index contributed by atoms with van der Waals surface area (Å²) in [5.41, 5.74) is -0.689. The number of fused-ring (bicyclic) bond motifs is 1. The largest absolute Gasteiger partial charge is 0.467 e. The van der Waals surface area contributed by atoms with Gasteiger partial charge in [0.2, 0.25) is 5.91 Å². The Morgan fingerprint density at radius 2 is 1.73 bits per heavy atom. The van der Waals surface area contributed by atoms with Crippen LogP contribution in [0.4, 0.5) is 4.79 Å². The first-order valence-corrected chi connectivity index (χ1v) is 17.4. The number of esters is 1. The Hall–Kier alpha value is -2.43. The SMILES string of the molecule is COC(=O)[C@@H]1C[C@@]2(O)[C@H](CC(=O)N3CCCC3)[C@H](O[Si](C)(C)C(C)(C)C)CC[C@H]2N1C(=O)OCc1ccccc1. The zero-order valence-electron chi connectivity index (χ0n) is 24.9. The number of nitrogens with zero attached hydrogens (tertiary/aromatic N) is 2. The maximum absolute atomic E-state index is 13.5. The third-order valence-corrected chi connectivity index (χ3v) is 14.1. The minimum atomic E-state index is -2.26. The van der Waals surface area contributed by atoms with E-state index in [4.69, 9.17) is 13.9 Å². The first-order chi connectivity index (χ1) is 18.8. The molecule has 40 heavy (non-hydrogen) atoms. The van der Waals surface area contributed by atoms with Crippen LogP contribution >= 0.6 is 0 Å². The van der Waals surface area contributed by atoms with Crippen LogP contribution in [0.15, 0.2) is 30.3 Å². The van der Waals surface area contributed by atoms with E-state index in [-0.39, 0.29) is 36.5 Å². The number of methoxy groups -OCH3 is 1. The normalized spacial score (nSPS) is 28.8. The molecule has 1 saturated carbocycles. The summed E-state index contributed by atoms with van der Waals surface area (Å²) >= 11 is 0. The third-order valence-electron chi connectivity index (χ3n) is 9.58. The lowest BCUT2D eigenvalue weighted by molar-refractivity contribution is -0.146. The molecule has 9 nitrogen and oxygen atoms in total. The standard InChI is InChI=1S/C30H46N2O7Si/c1-29(2,3)40(5,6)39-24-14-15-25-30(36,22(24)18-26(33)31-16-10-11-17-31)19-23(27(34)37-4)32(25)28(35)38-20-21-12-8-7-9-13-21/h7-9,12-13,22-25,36H,10-11,14-20H2,1-6H3/t22-,23+,24-,25-,30-/m1/s1. The van der Waals surface area contributed by atoms with E-state index >= 15 is 0 Å². The summed E-state index contributed by atoms with van der Waals surface area (Å²) in [5.74, 6) is -1.20. The molecular formula is C30H46N2O7Si. The average molecular weight is 575 g/mol. The van der Waals surface area contributed by atoms with E-state index in [0.717, 1.165) is 18.4 Å². The Morgan fingerprint density at radius 3 is 2.33 bits per heavy atom. The minimum absolute atomic E-state index is 0.0138. The number of ether oxygens (including phenoxy) is 2. The van der Waals surface area contributed by atoms with Crippen LogP contribution in [0.5, 0.6) is 0 Å². The van der Waals surface area contributed by atoms with E-state index in [1.807, 2.05) is 35.2 Å². The molecule has 2 heterocycles. The highest BCUT2D eigenvalue weighted by atomic mass is 28.4. The molecule has 4 rings (SSSR count). The number of aliphatic hydroxyl groups is 1. The molecule has 0 bridgehead atoms. The number of likely N-dealkylation sites (tertiary alicyclic amines) is 2. The highest BCUT2D eigenvalue weighted by Gasteiger charge is 2.64. The lowest BCUT2D eigenvalue weighted by Crippen LogP contribution is -2.61. The molecular weight excluding hydrogens is 528 g/mol. The predicted molar refractivity (Wildman–Crippen MR) is 153 cm³/mol. The molecule has 5 atom stereocenters. The van der Waals surface area contributed by atoms with Crippen molar-refractivity contribution in [1.82, 2.24) is 9.80 Å². The molecule has 3 aliphatic rings. The molecule has 0 radical (unpaired) electrons. The highest BCUT2D eigenvalue weighted by molar-refractivity contribution is 6.74. The van der Waals surface area contributed by atoms with Crippen molar-refractivity contribution in [2.45, 2.75) is 108 Å². The Balaban J connectivity index is 1.65. The molecule has 2 amide bonds. The van der Waals surface area contributed by atoms with Gasteiger partial charge in [0, 0.05) is 31.8 Å². The summed E-state index contributed by atoms with van der Waals surface area (Å²) in [7, 11) is -0.984. The van der Waals surface area contributed by atoms with Crippen LogP contribution in [0.3, 0.4) is 0 Å². The van der Waals surface area contributed by atoms with Crippen molar-refractivity contribution in [2.24, 2.45) is 5.92 Å². The second-order valence-corrected chi connectivity index (χ2v) is 17.8. The maximum Gasteiger partial charge on any atom is 0.411 e. The van der Waals surface area contributed by atoms with Crippen molar-refractivity contribution in [1.29, 1.82) is 0 Å². The maximum atomic E-state index is 13.5. The molecule has 1 aliphatic carbocycles. The molecule has 2 saturated heterocycles. The Bertz CT molecular complexity index is 1070. The molecule has 1 aromatic carbocycles. The van der Waals surface area contributed by atoms with Crippen LogP contribution < -0.4 is 0 Å². The second-order valence-electron chi connectivity index (χ2n) is 13.1. The highest BCUT2D eigenvalue weighted by Crippen LogP contribution is 2.51. The van der Waals surface area contributed by atoms with Crippen molar-refractivity contribution < 1.29 is 33.4 Å². The van der Waals surface area contributed by atoms with Crippen molar-refractivity contribution in [3.05, 3.63) is 35.9 Å². The van der Waals surface area contributed by atoms with Gasteiger partial charge < -0.3 is 23.9 Å². The average Bonchev–Trinajstić information content (AvgIpc) is 3.55. The van der Waals surface area contributed by atoms with E-state index in [1.165, 1.54) is 12.0 Å². The second kappa shape index (κ2) is 11.8. The van der Waals surface area contributed by atoms with E-state index in [9.17, 15) is 19.5 Å². The van der Waals surface area contributed by atoms with Crippen LogP contribution in [0.2, 0.25) is 18.1 Å². The quantitative estimate of drug-likeness (QED) is 0.378. The topological polar surface area (TPSA) is 106 Å². The first kappa shape index (κ1) is 30.5. The number of hydrogen-bond acceptors (Lipinski definition) is 7. The van der Waals surface area contributed by atoms with Crippen molar-refractivity contribution in [2.75, 3.05) is 20.2 Å². The van der Waals surface area contributed by atoms with Gasteiger partial charge in [-0.25, -0.2) is 9.59 Å². The number of amides is 2. The first-order valence-electron chi connectivity index (χ1n) is 14.5. The van der Waals surface area contributed by atoms with E-state index < -0.39 is 44.0 Å². The lowest BCUT2D eigenvalue weighted by Gasteiger charge is -2.50. The number of hydrogen-bond donors (Lipinski definition) is 1. The van der Waals surface area contributed by atoms with Gasteiger partial charge in [-0.15, -0.1) is 0 Å². The fourth-order valence-electron chi connectivity index (χ4n) is 6.30. The Kier molecular flexibility index (Phi) is 9.02. The molecule has 2 aliphatic heterocycles. The Labute approximate surface area is 239 Å². The summed E-state index contributed by atoms with van der Waals surface area (Å²) in [6.45, 7) is 12.3. The molecule has 0 spiro atoms. The monoisotopic (exact) mass is 574 g/mol. The molecule has 3 fully saturated rings. The lowest BCUT2D eigenvalue weighted by atomic mass is 9.68. The van der Waals surface area contributed by atoms with Gasteiger partial charge in [0.25, 0.3) is 0 Å². The third kappa shape index (κ3) is 6.09. The van der Waals surface area contributed by atoms with Crippen LogP contribution in [0.1, 0.15) is 64.9 Å². The van der Waals surface area contributed by atoms with Crippen molar-refractivity contribution >= 4 is 26.3 Å². The summed E-state index contributed by atoms with van der Waals surface area (Å²) in [4.78, 5) is 43.2. The van der Waals surface area contributed by atoms with Gasteiger partial charge in [-0.1, -0.05) is 51.1 Å². The van der Waals surface area contributed by atoms with Crippen molar-refractivity contribution in [3.63, 3.8) is 0 Å². The molecule has 0 unspecified atom stereocenters. The molecule has 1 aromatic rings. The zero-order valence-corrected chi connectivity index (χ0v) is 25.9. The van der Waals surface area contributed by atoms with Gasteiger partial charge in [-0.3, -0.25) is 9.69 Å². The van der Waals surface area contributed by atoms with Gasteiger partial charge in [-0.05, 0) is 49.4 Å². The fourth-order valence-corrected chi connectivity index (χ4v) is 7.70. The van der Waals surface area contributed by atoms with E-state index in [0.29, 0.717) is 25.9 Å². The number of benzene rings is 1. The van der Waals surface area contributed by atoms with Crippen LogP contribution in [0, 0.1) is 5.92 Å². The number of carbonyl (C=O) groups is 3. The van der Waals surface area contributed by atoms with E-state index in [1.54, 1.807) is 0 Å². The number of rotatable bonds is 7. The molecule has 10 heteroatoms. The van der Waals surface area contributed by atoms with Crippen LogP contribution in [0.25, 0.3) is 0 Å². The summed E-state index contributed by atoms with van der Waals surface area (Å²) in [6.07, 6.45) is 1.97. The fraction of sp³-hybridized carbons (Fsp3) is 0.700. The van der Waals surface area contributed by atoms with Gasteiger partial charge in [0.05, 0.1) is 24.9 Å². The zero-order chi connectivity index (χ0) is 29.3.